The van der Waals surface area contributed by atoms with Crippen molar-refractivity contribution in [3.8, 4) is 0 Å². The van der Waals surface area contributed by atoms with Crippen molar-refractivity contribution in [1.82, 2.24) is 4.90 Å². The van der Waals surface area contributed by atoms with E-state index in [1.165, 1.54) is 6.42 Å². The Bertz CT molecular complexity index is 558. The van der Waals surface area contributed by atoms with Crippen molar-refractivity contribution in [2.75, 3.05) is 50.8 Å². The Labute approximate surface area is 137 Å². The molecule has 2 aliphatic heterocycles. The van der Waals surface area contributed by atoms with Crippen LogP contribution >= 0.6 is 0 Å². The number of nitro benzene ring substituents is 1. The summed E-state index contributed by atoms with van der Waals surface area (Å²) in [5.41, 5.74) is 1.78. The number of aryl methyl sites for hydroxylation is 1. The van der Waals surface area contributed by atoms with Crippen LogP contribution in [0.1, 0.15) is 18.4 Å². The summed E-state index contributed by atoms with van der Waals surface area (Å²) in [6.45, 7) is 8.34. The second-order valence-corrected chi connectivity index (χ2v) is 6.57. The lowest BCUT2D eigenvalue weighted by Gasteiger charge is -2.37. The highest BCUT2D eigenvalue weighted by atomic mass is 16.6. The molecule has 2 aliphatic rings. The van der Waals surface area contributed by atoms with E-state index in [-0.39, 0.29) is 10.6 Å². The van der Waals surface area contributed by atoms with Crippen LogP contribution in [-0.4, -0.2) is 55.8 Å². The molecule has 0 unspecified atom stereocenters. The third-order valence-electron chi connectivity index (χ3n) is 4.88. The van der Waals surface area contributed by atoms with E-state index in [0.29, 0.717) is 5.92 Å². The number of rotatable bonds is 4. The lowest BCUT2D eigenvalue weighted by Crippen LogP contribution is -2.44. The lowest BCUT2D eigenvalue weighted by atomic mass is 9.96. The van der Waals surface area contributed by atoms with Gasteiger partial charge in [-0.25, -0.2) is 0 Å². The molecule has 23 heavy (non-hydrogen) atoms. The van der Waals surface area contributed by atoms with Crippen LogP contribution in [0.2, 0.25) is 0 Å². The van der Waals surface area contributed by atoms with Crippen molar-refractivity contribution < 1.29 is 9.66 Å². The van der Waals surface area contributed by atoms with E-state index in [2.05, 4.69) is 9.80 Å². The molecule has 1 aromatic carbocycles. The minimum absolute atomic E-state index is 0.240. The summed E-state index contributed by atoms with van der Waals surface area (Å²) in [4.78, 5) is 15.9. The highest BCUT2D eigenvalue weighted by molar-refractivity contribution is 5.66. The first-order valence-electron chi connectivity index (χ1n) is 8.44. The quantitative estimate of drug-likeness (QED) is 0.630. The predicted molar refractivity (Wildman–Crippen MR) is 90.0 cm³/mol. The first-order valence-corrected chi connectivity index (χ1v) is 8.44. The Morgan fingerprint density at radius 2 is 2.09 bits per heavy atom. The fourth-order valence-corrected chi connectivity index (χ4v) is 3.72. The smallest absolute Gasteiger partial charge is 0.295 e. The number of ether oxygens (including phenoxy) is 1. The van der Waals surface area contributed by atoms with Gasteiger partial charge in [0.25, 0.3) is 5.69 Å². The molecule has 0 spiro atoms. The molecule has 2 saturated heterocycles. The molecular formula is C17H25N3O3. The van der Waals surface area contributed by atoms with Crippen LogP contribution in [0.4, 0.5) is 11.4 Å². The number of piperidine rings is 1. The number of benzene rings is 1. The van der Waals surface area contributed by atoms with E-state index >= 15 is 0 Å². The van der Waals surface area contributed by atoms with Crippen LogP contribution < -0.4 is 4.90 Å². The molecule has 6 heteroatoms. The molecule has 2 fully saturated rings. The van der Waals surface area contributed by atoms with Gasteiger partial charge in [-0.05, 0) is 31.7 Å². The summed E-state index contributed by atoms with van der Waals surface area (Å²) in [6, 6.07) is 5.63. The Morgan fingerprint density at radius 3 is 2.83 bits per heavy atom. The van der Waals surface area contributed by atoms with Gasteiger partial charge in [-0.3, -0.25) is 15.0 Å². The van der Waals surface area contributed by atoms with Gasteiger partial charge < -0.3 is 9.64 Å². The zero-order valence-electron chi connectivity index (χ0n) is 13.7. The molecule has 6 nitrogen and oxygen atoms in total. The highest BCUT2D eigenvalue weighted by Gasteiger charge is 2.27. The lowest BCUT2D eigenvalue weighted by molar-refractivity contribution is -0.384. The number of nitrogens with zero attached hydrogens (tertiary/aromatic N) is 3. The third-order valence-corrected chi connectivity index (χ3v) is 4.88. The maximum atomic E-state index is 11.4. The number of morpholine rings is 1. The summed E-state index contributed by atoms with van der Waals surface area (Å²) >= 11 is 0. The van der Waals surface area contributed by atoms with E-state index in [1.54, 1.807) is 0 Å². The van der Waals surface area contributed by atoms with Gasteiger partial charge in [-0.1, -0.05) is 12.1 Å². The molecule has 0 N–H and O–H groups in total. The highest BCUT2D eigenvalue weighted by Crippen LogP contribution is 2.34. The van der Waals surface area contributed by atoms with Crippen LogP contribution in [-0.2, 0) is 4.74 Å². The van der Waals surface area contributed by atoms with Crippen molar-refractivity contribution >= 4 is 11.4 Å². The molecule has 1 aromatic rings. The molecule has 0 aliphatic carbocycles. The number of para-hydroxylation sites is 1. The molecule has 126 valence electrons. The normalized spacial score (nSPS) is 23.0. The molecule has 1 atom stereocenters. The minimum atomic E-state index is -0.240. The second-order valence-electron chi connectivity index (χ2n) is 6.57. The van der Waals surface area contributed by atoms with Crippen LogP contribution in [0.25, 0.3) is 0 Å². The van der Waals surface area contributed by atoms with Crippen molar-refractivity contribution in [3.63, 3.8) is 0 Å². The first-order chi connectivity index (χ1) is 11.1. The average molecular weight is 319 g/mol. The van der Waals surface area contributed by atoms with Crippen molar-refractivity contribution in [1.29, 1.82) is 0 Å². The zero-order chi connectivity index (χ0) is 16.2. The van der Waals surface area contributed by atoms with Gasteiger partial charge in [-0.15, -0.1) is 0 Å². The van der Waals surface area contributed by atoms with Crippen molar-refractivity contribution in [2.45, 2.75) is 19.8 Å². The van der Waals surface area contributed by atoms with Gasteiger partial charge in [0.2, 0.25) is 0 Å². The topological polar surface area (TPSA) is 58.8 Å². The zero-order valence-corrected chi connectivity index (χ0v) is 13.7. The fourth-order valence-electron chi connectivity index (χ4n) is 3.72. The molecule has 0 aromatic heterocycles. The van der Waals surface area contributed by atoms with Crippen LogP contribution in [0.5, 0.6) is 0 Å². The SMILES string of the molecule is Cc1cccc(N2CCC[C@@H](CN3CCOCC3)C2)c1[N+](=O)[O-]. The summed E-state index contributed by atoms with van der Waals surface area (Å²) in [6.07, 6.45) is 2.30. The standard InChI is InChI=1S/C17H25N3O3/c1-14-4-2-6-16(17(14)20(21)22)19-7-3-5-15(13-19)12-18-8-10-23-11-9-18/h2,4,6,15H,3,5,7-13H2,1H3/t15-/m0/s1. The molecule has 0 amide bonds. The maximum absolute atomic E-state index is 11.4. The first kappa shape index (κ1) is 16.2. The van der Waals surface area contributed by atoms with Crippen molar-refractivity contribution in [2.24, 2.45) is 5.92 Å². The van der Waals surface area contributed by atoms with Gasteiger partial charge in [-0.2, -0.15) is 0 Å². The monoisotopic (exact) mass is 319 g/mol. The molecule has 0 bridgehead atoms. The number of nitro groups is 1. The summed E-state index contributed by atoms with van der Waals surface area (Å²) in [5, 5.41) is 11.4. The van der Waals surface area contributed by atoms with E-state index in [9.17, 15) is 10.1 Å². The maximum Gasteiger partial charge on any atom is 0.295 e. The van der Waals surface area contributed by atoms with Crippen molar-refractivity contribution in [3.05, 3.63) is 33.9 Å². The summed E-state index contributed by atoms with van der Waals surface area (Å²) in [7, 11) is 0. The predicted octanol–water partition coefficient (Wildman–Crippen LogP) is 2.45. The summed E-state index contributed by atoms with van der Waals surface area (Å²) < 4.78 is 5.41. The molecular weight excluding hydrogens is 294 g/mol. The minimum Gasteiger partial charge on any atom is -0.379 e. The largest absolute Gasteiger partial charge is 0.379 e. The van der Waals surface area contributed by atoms with Crippen LogP contribution in [0.15, 0.2) is 18.2 Å². The number of hydrogen-bond donors (Lipinski definition) is 0. The van der Waals surface area contributed by atoms with Crippen LogP contribution in [0.3, 0.4) is 0 Å². The average Bonchev–Trinajstić information content (AvgIpc) is 2.55. The Balaban J connectivity index is 1.71. The van der Waals surface area contributed by atoms with E-state index < -0.39 is 0 Å². The molecule has 0 radical (unpaired) electrons. The number of anilines is 1. The Hall–Kier alpha value is -1.66. The van der Waals surface area contributed by atoms with E-state index in [0.717, 1.165) is 63.6 Å². The van der Waals surface area contributed by atoms with Gasteiger partial charge >= 0.3 is 0 Å². The number of hydrogen-bond acceptors (Lipinski definition) is 5. The van der Waals surface area contributed by atoms with Crippen LogP contribution in [0, 0.1) is 23.0 Å². The Kier molecular flexibility index (Phi) is 5.13. The van der Waals surface area contributed by atoms with Gasteiger partial charge in [0.1, 0.15) is 5.69 Å². The second kappa shape index (κ2) is 7.27. The van der Waals surface area contributed by atoms with E-state index in [1.807, 2.05) is 25.1 Å². The third kappa shape index (κ3) is 3.82. The fraction of sp³-hybridized carbons (Fsp3) is 0.647. The van der Waals surface area contributed by atoms with E-state index in [4.69, 9.17) is 4.74 Å². The molecule has 3 rings (SSSR count). The van der Waals surface area contributed by atoms with Gasteiger partial charge in [0.05, 0.1) is 18.1 Å². The Morgan fingerprint density at radius 1 is 1.30 bits per heavy atom. The van der Waals surface area contributed by atoms with Gasteiger partial charge in [0, 0.05) is 38.3 Å². The van der Waals surface area contributed by atoms with Gasteiger partial charge in [0.15, 0.2) is 0 Å². The summed E-state index contributed by atoms with van der Waals surface area (Å²) in [5.74, 6) is 0.571. The molecule has 0 saturated carbocycles. The molecule has 2 heterocycles.